The molecule has 0 radical (unpaired) electrons. The molecule has 4 nitrogen and oxygen atoms in total. The Morgan fingerprint density at radius 3 is 2.70 bits per heavy atom. The van der Waals surface area contributed by atoms with E-state index in [-0.39, 0.29) is 23.7 Å². The van der Waals surface area contributed by atoms with Gasteiger partial charge in [-0.1, -0.05) is 0 Å². The van der Waals surface area contributed by atoms with Gasteiger partial charge in [-0.05, 0) is 50.5 Å². The van der Waals surface area contributed by atoms with Gasteiger partial charge < -0.3 is 5.73 Å². The van der Waals surface area contributed by atoms with Crippen molar-refractivity contribution in [2.75, 3.05) is 5.73 Å². The van der Waals surface area contributed by atoms with Crippen LogP contribution in [-0.2, 0) is 12.8 Å². The molecule has 6 heteroatoms. The van der Waals surface area contributed by atoms with Gasteiger partial charge in [0, 0.05) is 17.8 Å². The first-order chi connectivity index (χ1) is 11.0. The Morgan fingerprint density at radius 1 is 1.17 bits per heavy atom. The molecule has 23 heavy (non-hydrogen) atoms. The van der Waals surface area contributed by atoms with Gasteiger partial charge in [0.2, 0.25) is 0 Å². The van der Waals surface area contributed by atoms with Crippen molar-refractivity contribution in [3.05, 3.63) is 53.4 Å². The summed E-state index contributed by atoms with van der Waals surface area (Å²) in [5.74, 6) is -1.25. The molecule has 3 aromatic rings. The Balaban J connectivity index is 1.88. The van der Waals surface area contributed by atoms with Crippen molar-refractivity contribution in [2.45, 2.75) is 32.7 Å². The Kier molecular flexibility index (Phi) is 3.98. The largest absolute Gasteiger partial charge is 0.396 e. The van der Waals surface area contributed by atoms with Crippen LogP contribution in [-0.4, -0.2) is 14.8 Å². The lowest BCUT2D eigenvalue weighted by molar-refractivity contribution is 0.550. The van der Waals surface area contributed by atoms with E-state index in [0.29, 0.717) is 6.42 Å². The number of hydrogen-bond donors (Lipinski definition) is 1. The summed E-state index contributed by atoms with van der Waals surface area (Å²) in [6.07, 6.45) is 4.14. The summed E-state index contributed by atoms with van der Waals surface area (Å²) in [7, 11) is 0. The zero-order valence-corrected chi connectivity index (χ0v) is 13.1. The SMILES string of the molecule is CC(C)n1ncc2ncc(CCc3c(F)ccc(N)c3F)cc21. The molecular formula is C17H18F2N4. The summed E-state index contributed by atoms with van der Waals surface area (Å²) in [5.41, 5.74) is 8.12. The quantitative estimate of drug-likeness (QED) is 0.747. The van der Waals surface area contributed by atoms with Gasteiger partial charge in [0.05, 0.1) is 17.4 Å². The van der Waals surface area contributed by atoms with E-state index in [1.165, 1.54) is 12.1 Å². The number of halogens is 2. The van der Waals surface area contributed by atoms with Crippen LogP contribution in [0, 0.1) is 11.6 Å². The highest BCUT2D eigenvalue weighted by Gasteiger charge is 2.13. The van der Waals surface area contributed by atoms with Crippen LogP contribution in [0.4, 0.5) is 14.5 Å². The summed E-state index contributed by atoms with van der Waals surface area (Å²) >= 11 is 0. The maximum atomic E-state index is 13.9. The average molecular weight is 316 g/mol. The maximum absolute atomic E-state index is 13.9. The van der Waals surface area contributed by atoms with Crippen molar-refractivity contribution in [1.29, 1.82) is 0 Å². The highest BCUT2D eigenvalue weighted by molar-refractivity contribution is 5.74. The molecule has 120 valence electrons. The van der Waals surface area contributed by atoms with Gasteiger partial charge in [-0.15, -0.1) is 0 Å². The van der Waals surface area contributed by atoms with E-state index >= 15 is 0 Å². The molecule has 1 aromatic carbocycles. The molecule has 2 aromatic heterocycles. The number of nitrogens with zero attached hydrogens (tertiary/aromatic N) is 3. The first kappa shape index (κ1) is 15.4. The Bertz CT molecular complexity index is 855. The van der Waals surface area contributed by atoms with E-state index in [1.807, 2.05) is 24.6 Å². The van der Waals surface area contributed by atoms with Gasteiger partial charge in [0.15, 0.2) is 5.82 Å². The van der Waals surface area contributed by atoms with Crippen LogP contribution in [0.2, 0.25) is 0 Å². The highest BCUT2D eigenvalue weighted by atomic mass is 19.1. The van der Waals surface area contributed by atoms with Crippen molar-refractivity contribution in [1.82, 2.24) is 14.8 Å². The fourth-order valence-electron chi connectivity index (χ4n) is 2.63. The number of aromatic nitrogens is 3. The van der Waals surface area contributed by atoms with Crippen LogP contribution in [0.15, 0.2) is 30.6 Å². The third kappa shape index (κ3) is 2.88. The van der Waals surface area contributed by atoms with Gasteiger partial charge in [0.1, 0.15) is 11.3 Å². The molecular weight excluding hydrogens is 298 g/mol. The van der Waals surface area contributed by atoms with E-state index in [4.69, 9.17) is 5.73 Å². The lowest BCUT2D eigenvalue weighted by Gasteiger charge is -2.09. The summed E-state index contributed by atoms with van der Waals surface area (Å²) in [6.45, 7) is 4.08. The molecule has 2 heterocycles. The van der Waals surface area contributed by atoms with Crippen LogP contribution in [0.1, 0.15) is 31.0 Å². The molecule has 0 amide bonds. The molecule has 0 aliphatic carbocycles. The first-order valence-electron chi connectivity index (χ1n) is 7.52. The van der Waals surface area contributed by atoms with E-state index in [1.54, 1.807) is 12.4 Å². The number of benzene rings is 1. The Labute approximate surface area is 132 Å². The standard InChI is InChI=1S/C17H18F2N4/c1-10(2)23-16-7-11(8-21-15(16)9-22-23)3-4-12-13(18)5-6-14(20)17(12)19/h5-10H,3-4,20H2,1-2H3. The van der Waals surface area contributed by atoms with E-state index in [2.05, 4.69) is 10.1 Å². The molecule has 0 bridgehead atoms. The minimum Gasteiger partial charge on any atom is -0.396 e. The van der Waals surface area contributed by atoms with Crippen molar-refractivity contribution < 1.29 is 8.78 Å². The van der Waals surface area contributed by atoms with Crippen molar-refractivity contribution in [3.63, 3.8) is 0 Å². The molecule has 0 saturated heterocycles. The Hall–Kier alpha value is -2.50. The number of nitrogen functional groups attached to an aromatic ring is 1. The highest BCUT2D eigenvalue weighted by Crippen LogP contribution is 2.22. The molecule has 0 fully saturated rings. The van der Waals surface area contributed by atoms with Gasteiger partial charge in [0.25, 0.3) is 0 Å². The third-order valence-corrected chi connectivity index (χ3v) is 3.87. The zero-order valence-electron chi connectivity index (χ0n) is 13.1. The number of anilines is 1. The number of fused-ring (bicyclic) bond motifs is 1. The van der Waals surface area contributed by atoms with E-state index in [9.17, 15) is 8.78 Å². The lowest BCUT2D eigenvalue weighted by atomic mass is 10.0. The predicted molar refractivity (Wildman–Crippen MR) is 86.1 cm³/mol. The second kappa shape index (κ2) is 5.95. The first-order valence-corrected chi connectivity index (χ1v) is 7.52. The second-order valence-corrected chi connectivity index (χ2v) is 5.86. The fourth-order valence-corrected chi connectivity index (χ4v) is 2.63. The maximum Gasteiger partial charge on any atom is 0.152 e. The summed E-state index contributed by atoms with van der Waals surface area (Å²) in [6, 6.07) is 4.62. The van der Waals surface area contributed by atoms with Crippen LogP contribution in [0.3, 0.4) is 0 Å². The lowest BCUT2D eigenvalue weighted by Crippen LogP contribution is -2.04. The number of nitrogens with two attached hydrogens (primary N) is 1. The minimum atomic E-state index is -0.675. The molecule has 0 spiro atoms. The molecule has 0 aliphatic heterocycles. The average Bonchev–Trinajstić information content (AvgIpc) is 2.94. The van der Waals surface area contributed by atoms with Gasteiger partial charge >= 0.3 is 0 Å². The second-order valence-electron chi connectivity index (χ2n) is 5.86. The number of pyridine rings is 1. The topological polar surface area (TPSA) is 56.7 Å². The third-order valence-electron chi connectivity index (χ3n) is 3.87. The monoisotopic (exact) mass is 316 g/mol. The van der Waals surface area contributed by atoms with Gasteiger partial charge in [-0.2, -0.15) is 5.10 Å². The minimum absolute atomic E-state index is 0.0162. The van der Waals surface area contributed by atoms with E-state index in [0.717, 1.165) is 16.6 Å². The van der Waals surface area contributed by atoms with Crippen LogP contribution >= 0.6 is 0 Å². The molecule has 0 unspecified atom stereocenters. The normalized spacial score (nSPS) is 11.5. The molecule has 2 N–H and O–H groups in total. The van der Waals surface area contributed by atoms with Crippen LogP contribution in [0.5, 0.6) is 0 Å². The van der Waals surface area contributed by atoms with Crippen LogP contribution < -0.4 is 5.73 Å². The van der Waals surface area contributed by atoms with Crippen LogP contribution in [0.25, 0.3) is 11.0 Å². The Morgan fingerprint density at radius 2 is 1.96 bits per heavy atom. The zero-order chi connectivity index (χ0) is 16.6. The summed E-state index contributed by atoms with van der Waals surface area (Å²) < 4.78 is 29.6. The van der Waals surface area contributed by atoms with Crippen molar-refractivity contribution >= 4 is 16.7 Å². The molecule has 0 saturated carbocycles. The fraction of sp³-hybridized carbons (Fsp3) is 0.294. The number of aryl methyl sites for hydroxylation is 1. The smallest absolute Gasteiger partial charge is 0.152 e. The molecule has 3 rings (SSSR count). The summed E-state index contributed by atoms with van der Waals surface area (Å²) in [5, 5.41) is 4.31. The van der Waals surface area contributed by atoms with Gasteiger partial charge in [-0.25, -0.2) is 8.78 Å². The molecule has 0 aliphatic rings. The van der Waals surface area contributed by atoms with Crippen molar-refractivity contribution in [2.24, 2.45) is 0 Å². The number of rotatable bonds is 4. The van der Waals surface area contributed by atoms with E-state index < -0.39 is 11.6 Å². The van der Waals surface area contributed by atoms with Crippen molar-refractivity contribution in [3.8, 4) is 0 Å². The summed E-state index contributed by atoms with van der Waals surface area (Å²) in [4.78, 5) is 4.36. The predicted octanol–water partition coefficient (Wildman–Crippen LogP) is 3.66. The number of hydrogen-bond acceptors (Lipinski definition) is 3. The molecule has 0 atom stereocenters. The van der Waals surface area contributed by atoms with Gasteiger partial charge in [-0.3, -0.25) is 9.67 Å².